The molecular weight excluding hydrogens is 272 g/mol. The standard InChI is InChI=1S/C14H10N4OS/c1-15-11-10(8-5-3-4-6-9(8)19-2)18-13-12(11)16-7-17-14(13)20/h3-7,18H,2H3,(H,16,17,20). The highest BCUT2D eigenvalue weighted by molar-refractivity contribution is 7.71. The van der Waals surface area contributed by atoms with Crippen molar-refractivity contribution in [2.24, 2.45) is 0 Å². The number of fused-ring (bicyclic) bond motifs is 1. The summed E-state index contributed by atoms with van der Waals surface area (Å²) >= 11 is 5.19. The van der Waals surface area contributed by atoms with Crippen molar-refractivity contribution in [1.29, 1.82) is 0 Å². The van der Waals surface area contributed by atoms with Crippen LogP contribution >= 0.6 is 12.2 Å². The van der Waals surface area contributed by atoms with Crippen LogP contribution in [0.5, 0.6) is 5.75 Å². The fourth-order valence-corrected chi connectivity index (χ4v) is 2.37. The quantitative estimate of drug-likeness (QED) is 0.554. The van der Waals surface area contributed by atoms with Gasteiger partial charge in [0.15, 0.2) is 4.64 Å². The van der Waals surface area contributed by atoms with E-state index < -0.39 is 0 Å². The number of para-hydroxylation sites is 1. The van der Waals surface area contributed by atoms with Crippen molar-refractivity contribution in [2.45, 2.75) is 0 Å². The molecule has 0 aliphatic heterocycles. The molecule has 2 aromatic heterocycles. The lowest BCUT2D eigenvalue weighted by Gasteiger charge is -2.06. The minimum atomic E-state index is 0.435. The van der Waals surface area contributed by atoms with Gasteiger partial charge in [-0.1, -0.05) is 30.4 Å². The van der Waals surface area contributed by atoms with Crippen LogP contribution < -0.4 is 4.74 Å². The number of nitrogens with one attached hydrogen (secondary N) is 2. The zero-order valence-electron chi connectivity index (χ0n) is 10.6. The van der Waals surface area contributed by atoms with Crippen molar-refractivity contribution in [3.63, 3.8) is 0 Å². The molecule has 2 heterocycles. The summed E-state index contributed by atoms with van der Waals surface area (Å²) < 4.78 is 5.79. The summed E-state index contributed by atoms with van der Waals surface area (Å²) in [5.74, 6) is 0.697. The normalized spacial score (nSPS) is 10.4. The number of aromatic amines is 2. The molecule has 0 saturated heterocycles. The van der Waals surface area contributed by atoms with Crippen LogP contribution in [0, 0.1) is 11.2 Å². The van der Waals surface area contributed by atoms with E-state index in [-0.39, 0.29) is 0 Å². The SMILES string of the molecule is [C-]#[N+]c1c(-c2ccccc2OC)[nH]c2c(=S)nc[nH]c12. The van der Waals surface area contributed by atoms with E-state index >= 15 is 0 Å². The van der Waals surface area contributed by atoms with E-state index in [1.54, 1.807) is 7.11 Å². The first-order valence-corrected chi connectivity index (χ1v) is 6.27. The van der Waals surface area contributed by atoms with Crippen molar-refractivity contribution in [3.8, 4) is 17.0 Å². The Balaban J connectivity index is 2.40. The third-order valence-corrected chi connectivity index (χ3v) is 3.38. The second-order valence-corrected chi connectivity index (χ2v) is 4.51. The first-order valence-electron chi connectivity index (χ1n) is 5.86. The number of rotatable bonds is 2. The second-order valence-electron chi connectivity index (χ2n) is 4.12. The third kappa shape index (κ3) is 1.76. The van der Waals surface area contributed by atoms with Crippen LogP contribution in [0.4, 0.5) is 5.69 Å². The molecule has 0 spiro atoms. The van der Waals surface area contributed by atoms with Crippen LogP contribution in [0.15, 0.2) is 30.6 Å². The molecule has 20 heavy (non-hydrogen) atoms. The van der Waals surface area contributed by atoms with Crippen LogP contribution in [0.2, 0.25) is 0 Å². The van der Waals surface area contributed by atoms with Gasteiger partial charge < -0.3 is 14.7 Å². The smallest absolute Gasteiger partial charge is 0.235 e. The first kappa shape index (κ1) is 12.4. The van der Waals surface area contributed by atoms with Gasteiger partial charge in [0, 0.05) is 5.56 Å². The molecule has 5 nitrogen and oxygen atoms in total. The van der Waals surface area contributed by atoms with Gasteiger partial charge in [0.05, 0.1) is 36.7 Å². The van der Waals surface area contributed by atoms with Gasteiger partial charge >= 0.3 is 0 Å². The molecule has 98 valence electrons. The number of benzene rings is 1. The monoisotopic (exact) mass is 282 g/mol. The first-order chi connectivity index (χ1) is 9.76. The molecule has 0 aliphatic carbocycles. The zero-order chi connectivity index (χ0) is 14.1. The fourth-order valence-electron chi connectivity index (χ4n) is 2.17. The van der Waals surface area contributed by atoms with E-state index in [1.165, 1.54) is 6.33 Å². The molecule has 0 radical (unpaired) electrons. The lowest BCUT2D eigenvalue weighted by molar-refractivity contribution is 0.416. The highest BCUT2D eigenvalue weighted by Crippen LogP contribution is 2.39. The lowest BCUT2D eigenvalue weighted by Crippen LogP contribution is -1.87. The molecule has 3 aromatic rings. The van der Waals surface area contributed by atoms with Crippen molar-refractivity contribution < 1.29 is 4.74 Å². The molecular formula is C14H10N4OS. The van der Waals surface area contributed by atoms with Crippen molar-refractivity contribution in [3.05, 3.63) is 46.7 Å². The van der Waals surface area contributed by atoms with Crippen LogP contribution in [0.25, 0.3) is 27.1 Å². The van der Waals surface area contributed by atoms with E-state index in [0.29, 0.717) is 32.8 Å². The van der Waals surface area contributed by atoms with Gasteiger partial charge in [0.1, 0.15) is 5.75 Å². The number of H-pyrrole nitrogens is 2. The Morgan fingerprint density at radius 2 is 2.10 bits per heavy atom. The van der Waals surface area contributed by atoms with Gasteiger partial charge in [-0.05, 0) is 6.07 Å². The average molecular weight is 282 g/mol. The number of nitrogens with zero attached hydrogens (tertiary/aromatic N) is 2. The van der Waals surface area contributed by atoms with E-state index in [9.17, 15) is 0 Å². The number of methoxy groups -OCH3 is 1. The van der Waals surface area contributed by atoms with E-state index in [0.717, 1.165) is 5.56 Å². The summed E-state index contributed by atoms with van der Waals surface area (Å²) in [5, 5.41) is 0. The summed E-state index contributed by atoms with van der Waals surface area (Å²) in [6.07, 6.45) is 1.50. The summed E-state index contributed by atoms with van der Waals surface area (Å²) in [4.78, 5) is 13.8. The van der Waals surface area contributed by atoms with E-state index in [1.807, 2.05) is 24.3 Å². The third-order valence-electron chi connectivity index (χ3n) is 3.07. The molecule has 3 rings (SSSR count). The predicted octanol–water partition coefficient (Wildman–Crippen LogP) is 3.85. The largest absolute Gasteiger partial charge is 0.496 e. The Labute approximate surface area is 120 Å². The summed E-state index contributed by atoms with van der Waals surface area (Å²) in [5.41, 5.74) is 3.32. The Kier molecular flexibility index (Phi) is 2.97. The van der Waals surface area contributed by atoms with Gasteiger partial charge in [-0.15, -0.1) is 0 Å². The summed E-state index contributed by atoms with van der Waals surface area (Å²) in [6.45, 7) is 7.42. The van der Waals surface area contributed by atoms with Gasteiger partial charge in [-0.25, -0.2) is 9.83 Å². The maximum atomic E-state index is 7.42. The van der Waals surface area contributed by atoms with Gasteiger partial charge in [0.25, 0.3) is 0 Å². The van der Waals surface area contributed by atoms with Crippen LogP contribution in [-0.2, 0) is 0 Å². The zero-order valence-corrected chi connectivity index (χ0v) is 11.4. The van der Waals surface area contributed by atoms with Crippen LogP contribution in [-0.4, -0.2) is 22.1 Å². The van der Waals surface area contributed by atoms with Crippen LogP contribution in [0.3, 0.4) is 0 Å². The molecule has 0 fully saturated rings. The summed E-state index contributed by atoms with van der Waals surface area (Å²) in [7, 11) is 1.60. The van der Waals surface area contributed by atoms with Crippen LogP contribution in [0.1, 0.15) is 0 Å². The second kappa shape index (κ2) is 4.79. The molecule has 1 aromatic carbocycles. The summed E-state index contributed by atoms with van der Waals surface area (Å²) in [6, 6.07) is 7.53. The molecule has 6 heteroatoms. The molecule has 0 aliphatic rings. The number of aromatic nitrogens is 3. The topological polar surface area (TPSA) is 58.1 Å². The minimum absolute atomic E-state index is 0.435. The average Bonchev–Trinajstić information content (AvgIpc) is 2.87. The minimum Gasteiger partial charge on any atom is -0.496 e. The fraction of sp³-hybridized carbons (Fsp3) is 0.0714. The number of hydrogen-bond acceptors (Lipinski definition) is 3. The lowest BCUT2D eigenvalue weighted by atomic mass is 10.1. The Hall–Kier alpha value is -2.65. The van der Waals surface area contributed by atoms with Crippen molar-refractivity contribution in [1.82, 2.24) is 15.0 Å². The van der Waals surface area contributed by atoms with Gasteiger partial charge in [-0.2, -0.15) is 0 Å². The molecule has 2 N–H and O–H groups in total. The maximum Gasteiger partial charge on any atom is 0.235 e. The number of ether oxygens (including phenoxy) is 1. The number of hydrogen-bond donors (Lipinski definition) is 2. The Morgan fingerprint density at radius 3 is 2.85 bits per heavy atom. The molecule has 0 bridgehead atoms. The van der Waals surface area contributed by atoms with Gasteiger partial charge in [0.2, 0.25) is 5.69 Å². The molecule has 0 unspecified atom stereocenters. The maximum absolute atomic E-state index is 7.42. The highest BCUT2D eigenvalue weighted by Gasteiger charge is 2.17. The molecule has 0 atom stereocenters. The van der Waals surface area contributed by atoms with Crippen molar-refractivity contribution >= 4 is 28.9 Å². The molecule has 0 amide bonds. The highest BCUT2D eigenvalue weighted by atomic mass is 32.1. The van der Waals surface area contributed by atoms with Crippen molar-refractivity contribution in [2.75, 3.05) is 7.11 Å². The molecule has 0 saturated carbocycles. The predicted molar refractivity (Wildman–Crippen MR) is 79.5 cm³/mol. The van der Waals surface area contributed by atoms with E-state index in [2.05, 4.69) is 19.8 Å². The Morgan fingerprint density at radius 1 is 1.30 bits per heavy atom. The van der Waals surface area contributed by atoms with Gasteiger partial charge in [-0.3, -0.25) is 0 Å². The van der Waals surface area contributed by atoms with E-state index in [4.69, 9.17) is 23.5 Å². The Bertz CT molecular complexity index is 888.